The smallest absolute Gasteiger partial charge is 0.256 e. The number of benzene rings is 1. The van der Waals surface area contributed by atoms with Gasteiger partial charge in [-0.25, -0.2) is 9.67 Å². The van der Waals surface area contributed by atoms with Crippen LogP contribution in [0.25, 0.3) is 11.0 Å². The summed E-state index contributed by atoms with van der Waals surface area (Å²) in [6.07, 6.45) is 6.33. The number of carbonyl (C=O) groups excluding carboxylic acids is 1. The molecule has 3 aromatic heterocycles. The van der Waals surface area contributed by atoms with Crippen LogP contribution in [0.1, 0.15) is 59.6 Å². The summed E-state index contributed by atoms with van der Waals surface area (Å²) in [4.78, 5) is 24.5. The van der Waals surface area contributed by atoms with Crippen molar-refractivity contribution in [2.75, 3.05) is 0 Å². The van der Waals surface area contributed by atoms with E-state index in [0.29, 0.717) is 24.3 Å². The number of carbonyl (C=O) groups is 1. The van der Waals surface area contributed by atoms with Crippen molar-refractivity contribution in [1.82, 2.24) is 24.6 Å². The lowest BCUT2D eigenvalue weighted by atomic mass is 10.1. The molecule has 1 aromatic carbocycles. The second-order valence-electron chi connectivity index (χ2n) is 8.41. The van der Waals surface area contributed by atoms with E-state index in [1.54, 1.807) is 18.6 Å². The second-order valence-corrected chi connectivity index (χ2v) is 8.41. The van der Waals surface area contributed by atoms with E-state index >= 15 is 0 Å². The molecule has 0 radical (unpaired) electrons. The van der Waals surface area contributed by atoms with Crippen molar-refractivity contribution in [1.29, 1.82) is 0 Å². The Bertz CT molecular complexity index is 1210. The lowest BCUT2D eigenvalue weighted by molar-refractivity contribution is 0.0729. The summed E-state index contributed by atoms with van der Waals surface area (Å²) < 4.78 is 1.89. The monoisotopic (exact) mass is 427 g/mol. The Labute approximate surface area is 188 Å². The van der Waals surface area contributed by atoms with Crippen molar-refractivity contribution in [2.24, 2.45) is 0 Å². The summed E-state index contributed by atoms with van der Waals surface area (Å²) in [7, 11) is 0. The molecule has 0 unspecified atom stereocenters. The van der Waals surface area contributed by atoms with Crippen molar-refractivity contribution in [3.63, 3.8) is 0 Å². The highest BCUT2D eigenvalue weighted by atomic mass is 16.2. The van der Waals surface area contributed by atoms with Gasteiger partial charge in [-0.15, -0.1) is 0 Å². The molecule has 0 N–H and O–H groups in total. The average Bonchev–Trinajstić information content (AvgIpc) is 3.22. The fourth-order valence-corrected chi connectivity index (χ4v) is 3.84. The normalized spacial score (nSPS) is 11.3. The molecule has 32 heavy (non-hydrogen) atoms. The van der Waals surface area contributed by atoms with Gasteiger partial charge >= 0.3 is 0 Å². The van der Waals surface area contributed by atoms with Gasteiger partial charge in [-0.3, -0.25) is 9.78 Å². The molecule has 3 heterocycles. The number of fused-ring (bicyclic) bond motifs is 1. The molecule has 6 heteroatoms. The van der Waals surface area contributed by atoms with E-state index in [1.807, 2.05) is 34.7 Å². The van der Waals surface area contributed by atoms with Crippen LogP contribution in [-0.2, 0) is 19.5 Å². The van der Waals surface area contributed by atoms with Crippen molar-refractivity contribution in [2.45, 2.75) is 53.2 Å². The fraction of sp³-hybridized carbons (Fsp3) is 0.308. The van der Waals surface area contributed by atoms with Gasteiger partial charge in [-0.2, -0.15) is 5.10 Å². The van der Waals surface area contributed by atoms with E-state index in [2.05, 4.69) is 55.1 Å². The van der Waals surface area contributed by atoms with Crippen LogP contribution in [0.3, 0.4) is 0 Å². The highest BCUT2D eigenvalue weighted by Gasteiger charge is 2.21. The minimum absolute atomic E-state index is 0.0439. The summed E-state index contributed by atoms with van der Waals surface area (Å²) >= 11 is 0. The van der Waals surface area contributed by atoms with Gasteiger partial charge in [0.25, 0.3) is 5.91 Å². The Morgan fingerprint density at radius 2 is 1.75 bits per heavy atom. The van der Waals surface area contributed by atoms with Crippen molar-refractivity contribution in [3.8, 4) is 0 Å². The van der Waals surface area contributed by atoms with Crippen molar-refractivity contribution < 1.29 is 4.79 Å². The Kier molecular flexibility index (Phi) is 6.30. The number of nitrogens with zero attached hydrogens (tertiary/aromatic N) is 5. The predicted octanol–water partition coefficient (Wildman–Crippen LogP) is 5.12. The highest BCUT2D eigenvalue weighted by molar-refractivity contribution is 5.98. The first-order chi connectivity index (χ1) is 15.5. The Balaban J connectivity index is 1.69. The lowest BCUT2D eigenvalue weighted by Gasteiger charge is -2.24. The number of hydrogen-bond acceptors (Lipinski definition) is 4. The zero-order chi connectivity index (χ0) is 22.7. The molecule has 0 aliphatic heterocycles. The van der Waals surface area contributed by atoms with Crippen molar-refractivity contribution >= 4 is 16.9 Å². The zero-order valence-electron chi connectivity index (χ0n) is 19.1. The molecular weight excluding hydrogens is 398 g/mol. The number of aromatic nitrogens is 4. The van der Waals surface area contributed by atoms with Crippen LogP contribution in [-0.4, -0.2) is 30.6 Å². The molecule has 0 saturated heterocycles. The summed E-state index contributed by atoms with van der Waals surface area (Å²) in [5, 5.41) is 5.33. The first-order valence-electron chi connectivity index (χ1n) is 11.1. The van der Waals surface area contributed by atoms with E-state index in [-0.39, 0.29) is 11.9 Å². The standard InChI is InChI=1S/C26H29N5O/c1-5-20-8-10-21(11-9-20)16-30(17-22-7-6-12-27-14-22)26(32)24-13-23-15-28-31(18(2)3)25(23)29-19(24)4/h6-15,18H,5,16-17H2,1-4H3. The number of amides is 1. The number of aryl methyl sites for hydroxylation is 2. The minimum atomic E-state index is -0.0439. The van der Waals surface area contributed by atoms with E-state index < -0.39 is 0 Å². The van der Waals surface area contributed by atoms with Crippen LogP contribution in [0.15, 0.2) is 61.1 Å². The molecule has 0 spiro atoms. The van der Waals surface area contributed by atoms with Gasteiger partial charge in [-0.05, 0) is 56.0 Å². The van der Waals surface area contributed by atoms with Gasteiger partial charge in [0, 0.05) is 36.9 Å². The maximum atomic E-state index is 13.7. The summed E-state index contributed by atoms with van der Waals surface area (Å²) in [6.45, 7) is 9.17. The second kappa shape index (κ2) is 9.30. The number of rotatable bonds is 7. The van der Waals surface area contributed by atoms with Gasteiger partial charge in [0.05, 0.1) is 17.5 Å². The Morgan fingerprint density at radius 1 is 1.03 bits per heavy atom. The largest absolute Gasteiger partial charge is 0.330 e. The average molecular weight is 428 g/mol. The lowest BCUT2D eigenvalue weighted by Crippen LogP contribution is -2.31. The maximum Gasteiger partial charge on any atom is 0.256 e. The Morgan fingerprint density at radius 3 is 2.41 bits per heavy atom. The molecule has 1 amide bonds. The van der Waals surface area contributed by atoms with Crippen molar-refractivity contribution in [3.05, 3.63) is 89.0 Å². The van der Waals surface area contributed by atoms with Crippen LogP contribution < -0.4 is 0 Å². The zero-order valence-corrected chi connectivity index (χ0v) is 19.1. The van der Waals surface area contributed by atoms with Gasteiger partial charge in [-0.1, -0.05) is 37.3 Å². The van der Waals surface area contributed by atoms with Crippen LogP contribution in [0.5, 0.6) is 0 Å². The van der Waals surface area contributed by atoms with Gasteiger partial charge in [0.2, 0.25) is 0 Å². The summed E-state index contributed by atoms with van der Waals surface area (Å²) in [5.74, 6) is -0.0439. The van der Waals surface area contributed by atoms with Crippen LogP contribution >= 0.6 is 0 Å². The summed E-state index contributed by atoms with van der Waals surface area (Å²) in [5.41, 5.74) is 5.50. The molecule has 6 nitrogen and oxygen atoms in total. The molecule has 0 saturated carbocycles. The Hall–Kier alpha value is -3.54. The number of pyridine rings is 2. The fourth-order valence-electron chi connectivity index (χ4n) is 3.84. The molecule has 0 fully saturated rings. The predicted molar refractivity (Wildman–Crippen MR) is 126 cm³/mol. The highest BCUT2D eigenvalue weighted by Crippen LogP contribution is 2.22. The number of hydrogen-bond donors (Lipinski definition) is 0. The van der Waals surface area contributed by atoms with Gasteiger partial charge < -0.3 is 4.90 Å². The topological polar surface area (TPSA) is 63.9 Å². The third kappa shape index (κ3) is 4.54. The quantitative estimate of drug-likeness (QED) is 0.411. The maximum absolute atomic E-state index is 13.7. The minimum Gasteiger partial charge on any atom is -0.330 e. The van der Waals surface area contributed by atoms with E-state index in [4.69, 9.17) is 4.98 Å². The molecule has 4 rings (SSSR count). The van der Waals surface area contributed by atoms with Crippen LogP contribution in [0, 0.1) is 6.92 Å². The molecule has 0 bridgehead atoms. The van der Waals surface area contributed by atoms with Crippen LogP contribution in [0.2, 0.25) is 0 Å². The molecule has 0 atom stereocenters. The first-order valence-corrected chi connectivity index (χ1v) is 11.1. The molecule has 4 aromatic rings. The molecule has 0 aliphatic carbocycles. The summed E-state index contributed by atoms with van der Waals surface area (Å²) in [6, 6.07) is 14.5. The molecular formula is C26H29N5O. The van der Waals surface area contributed by atoms with E-state index in [9.17, 15) is 4.79 Å². The van der Waals surface area contributed by atoms with E-state index in [1.165, 1.54) is 5.56 Å². The van der Waals surface area contributed by atoms with E-state index in [0.717, 1.165) is 28.6 Å². The SMILES string of the molecule is CCc1ccc(CN(Cc2cccnc2)C(=O)c2cc3cnn(C(C)C)c3nc2C)cc1. The third-order valence-electron chi connectivity index (χ3n) is 5.67. The molecule has 0 aliphatic rings. The van der Waals surface area contributed by atoms with Gasteiger partial charge in [0.15, 0.2) is 5.65 Å². The van der Waals surface area contributed by atoms with Gasteiger partial charge in [0.1, 0.15) is 0 Å². The third-order valence-corrected chi connectivity index (χ3v) is 5.67. The van der Waals surface area contributed by atoms with Crippen LogP contribution in [0.4, 0.5) is 0 Å². The first kappa shape index (κ1) is 21.7. The molecule has 164 valence electrons.